The van der Waals surface area contributed by atoms with E-state index < -0.39 is 11.9 Å². The molecule has 0 saturated carbocycles. The summed E-state index contributed by atoms with van der Waals surface area (Å²) in [6.45, 7) is 2.44. The van der Waals surface area contributed by atoms with E-state index in [0.717, 1.165) is 5.56 Å². The lowest BCUT2D eigenvalue weighted by molar-refractivity contribution is -0.153. The number of nitrogens with two attached hydrogens (primary N) is 1. The maximum Gasteiger partial charge on any atom is 0.397 e. The van der Waals surface area contributed by atoms with Crippen LogP contribution in [-0.4, -0.2) is 43.6 Å². The number of fused-ring (bicyclic) bond motifs is 1. The van der Waals surface area contributed by atoms with E-state index in [1.807, 2.05) is 30.3 Å². The Morgan fingerprint density at radius 3 is 2.50 bits per heavy atom. The van der Waals surface area contributed by atoms with Gasteiger partial charge in [-0.05, 0) is 48.9 Å². The topological polar surface area (TPSA) is 124 Å². The van der Waals surface area contributed by atoms with Crippen molar-refractivity contribution in [2.45, 2.75) is 19.6 Å². The van der Waals surface area contributed by atoms with Gasteiger partial charge in [-0.3, -0.25) is 15.1 Å². The van der Waals surface area contributed by atoms with Crippen LogP contribution >= 0.6 is 0 Å². The van der Waals surface area contributed by atoms with Crippen molar-refractivity contribution in [1.82, 2.24) is 0 Å². The molecule has 0 radical (unpaired) electrons. The molecule has 36 heavy (non-hydrogen) atoms. The summed E-state index contributed by atoms with van der Waals surface area (Å²) in [5.74, 6) is -0.0963. The summed E-state index contributed by atoms with van der Waals surface area (Å²) < 4.78 is 22.6. The van der Waals surface area contributed by atoms with Crippen molar-refractivity contribution in [3.63, 3.8) is 0 Å². The lowest BCUT2D eigenvalue weighted by Gasteiger charge is -2.28. The Bertz CT molecular complexity index is 1230. The summed E-state index contributed by atoms with van der Waals surface area (Å²) in [7, 11) is 0. The van der Waals surface area contributed by atoms with Crippen molar-refractivity contribution in [2.75, 3.05) is 24.7 Å². The Morgan fingerprint density at radius 2 is 1.81 bits per heavy atom. The zero-order chi connectivity index (χ0) is 25.5. The second-order valence-electron chi connectivity index (χ2n) is 8.03. The number of amidine groups is 1. The van der Waals surface area contributed by atoms with Gasteiger partial charge in [-0.2, -0.15) is 0 Å². The molecule has 1 heterocycles. The molecule has 3 aromatic carbocycles. The Hall–Kier alpha value is -4.53. The zero-order valence-electron chi connectivity index (χ0n) is 19.8. The average molecular weight is 490 g/mol. The number of esters is 1. The van der Waals surface area contributed by atoms with E-state index in [2.05, 4.69) is 0 Å². The monoisotopic (exact) mass is 489 g/mol. The van der Waals surface area contributed by atoms with E-state index in [1.54, 1.807) is 49.4 Å². The van der Waals surface area contributed by atoms with Gasteiger partial charge < -0.3 is 24.7 Å². The average Bonchev–Trinajstić information content (AvgIpc) is 2.90. The van der Waals surface area contributed by atoms with Crippen LogP contribution in [0.2, 0.25) is 0 Å². The highest BCUT2D eigenvalue weighted by molar-refractivity contribution is 6.38. The minimum absolute atomic E-state index is 0.00664. The first-order valence-electron chi connectivity index (χ1n) is 11.5. The van der Waals surface area contributed by atoms with E-state index in [0.29, 0.717) is 28.5 Å². The normalized spacial score (nSPS) is 14.0. The lowest BCUT2D eigenvalue weighted by atomic mass is 10.1. The Labute approximate surface area is 208 Å². The first-order valence-corrected chi connectivity index (χ1v) is 11.5. The van der Waals surface area contributed by atoms with Crippen LogP contribution in [0.1, 0.15) is 18.1 Å². The van der Waals surface area contributed by atoms with Gasteiger partial charge in [0.25, 0.3) is 0 Å². The fourth-order valence-electron chi connectivity index (χ4n) is 3.62. The molecule has 1 atom stereocenters. The van der Waals surface area contributed by atoms with Crippen LogP contribution in [-0.2, 0) is 20.9 Å². The molecule has 3 N–H and O–H groups in total. The molecule has 0 spiro atoms. The van der Waals surface area contributed by atoms with Gasteiger partial charge in [-0.15, -0.1) is 0 Å². The van der Waals surface area contributed by atoms with E-state index in [9.17, 15) is 9.59 Å². The number of anilines is 1. The fourth-order valence-corrected chi connectivity index (χ4v) is 3.62. The number of hydrogen-bond donors (Lipinski definition) is 2. The van der Waals surface area contributed by atoms with Crippen LogP contribution in [0.15, 0.2) is 72.8 Å². The highest BCUT2D eigenvalue weighted by Crippen LogP contribution is 2.36. The van der Waals surface area contributed by atoms with Crippen LogP contribution < -0.4 is 24.8 Å². The van der Waals surface area contributed by atoms with Crippen LogP contribution in [0.5, 0.6) is 17.2 Å². The number of carbonyl (C=O) groups excluding carboxylic acids is 2. The molecule has 0 bridgehead atoms. The second kappa shape index (κ2) is 11.3. The third kappa shape index (κ3) is 5.93. The number of nitrogen functional groups attached to an aromatic ring is 1. The van der Waals surface area contributed by atoms with Gasteiger partial charge in [0, 0.05) is 17.3 Å². The van der Waals surface area contributed by atoms with E-state index in [-0.39, 0.29) is 38.3 Å². The maximum absolute atomic E-state index is 12.9. The Morgan fingerprint density at radius 1 is 1.06 bits per heavy atom. The first kappa shape index (κ1) is 24.6. The molecule has 0 aliphatic carbocycles. The summed E-state index contributed by atoms with van der Waals surface area (Å²) in [5, 5.41) is 7.45. The van der Waals surface area contributed by atoms with Gasteiger partial charge in [0.1, 0.15) is 24.8 Å². The molecule has 0 fully saturated rings. The van der Waals surface area contributed by atoms with Crippen LogP contribution in [0.25, 0.3) is 0 Å². The minimum atomic E-state index is -0.920. The predicted molar refractivity (Wildman–Crippen MR) is 134 cm³/mol. The minimum Gasteiger partial charge on any atom is -0.490 e. The Kier molecular flexibility index (Phi) is 7.69. The molecule has 186 valence electrons. The molecule has 3 aromatic rings. The summed E-state index contributed by atoms with van der Waals surface area (Å²) >= 11 is 0. The third-order valence-electron chi connectivity index (χ3n) is 5.44. The van der Waals surface area contributed by atoms with Gasteiger partial charge in [-0.1, -0.05) is 30.3 Å². The molecule has 4 rings (SSSR count). The van der Waals surface area contributed by atoms with Gasteiger partial charge in [0.15, 0.2) is 17.6 Å². The Balaban J connectivity index is 1.45. The predicted octanol–water partition coefficient (Wildman–Crippen LogP) is 3.29. The largest absolute Gasteiger partial charge is 0.490 e. The summed E-state index contributed by atoms with van der Waals surface area (Å²) in [5.41, 5.74) is 7.44. The smallest absolute Gasteiger partial charge is 0.397 e. The molecular formula is C27H27N3O6. The molecule has 1 aliphatic rings. The number of rotatable bonds is 8. The second-order valence-corrected chi connectivity index (χ2v) is 8.03. The molecule has 9 heteroatoms. The molecule has 9 nitrogen and oxygen atoms in total. The number of hydrogen-bond acceptors (Lipinski definition) is 7. The number of benzene rings is 3. The van der Waals surface area contributed by atoms with Crippen LogP contribution in [0, 0.1) is 5.41 Å². The van der Waals surface area contributed by atoms with Crippen molar-refractivity contribution in [2.24, 2.45) is 5.73 Å². The fraction of sp³-hybridized carbons (Fsp3) is 0.222. The number of nitrogens with one attached hydrogen (secondary N) is 1. The molecule has 0 aromatic heterocycles. The van der Waals surface area contributed by atoms with Crippen molar-refractivity contribution < 1.29 is 28.5 Å². The first-order chi connectivity index (χ1) is 17.4. The summed E-state index contributed by atoms with van der Waals surface area (Å²) in [6, 6.07) is 21.4. The number of ether oxygens (including phenoxy) is 4. The van der Waals surface area contributed by atoms with Crippen LogP contribution in [0.3, 0.4) is 0 Å². The van der Waals surface area contributed by atoms with E-state index in [1.165, 1.54) is 4.90 Å². The SMILES string of the molecule is CCOC(=O)C(=O)N(Cc1ccccc1)c1ccc2c(c1)OC[C@@H](COc1ccc(C(=N)N)cc1)O2. The van der Waals surface area contributed by atoms with Gasteiger partial charge in [0.05, 0.1) is 13.2 Å². The highest BCUT2D eigenvalue weighted by Gasteiger charge is 2.28. The van der Waals surface area contributed by atoms with Crippen LogP contribution in [0.4, 0.5) is 5.69 Å². The zero-order valence-corrected chi connectivity index (χ0v) is 19.8. The summed E-state index contributed by atoms with van der Waals surface area (Å²) in [4.78, 5) is 26.5. The van der Waals surface area contributed by atoms with Gasteiger partial charge in [-0.25, -0.2) is 4.79 Å². The maximum atomic E-state index is 12.9. The van der Waals surface area contributed by atoms with Crippen molar-refractivity contribution in [1.29, 1.82) is 5.41 Å². The van der Waals surface area contributed by atoms with Gasteiger partial charge >= 0.3 is 11.9 Å². The number of nitrogens with zero attached hydrogens (tertiary/aromatic N) is 1. The third-order valence-corrected chi connectivity index (χ3v) is 5.44. The number of amides is 1. The quantitative estimate of drug-likeness (QED) is 0.215. The van der Waals surface area contributed by atoms with E-state index in [4.69, 9.17) is 30.1 Å². The molecular weight excluding hydrogens is 462 g/mol. The highest BCUT2D eigenvalue weighted by atomic mass is 16.6. The standard InChI is InChI=1S/C27H27N3O6/c1-2-33-27(32)26(31)30(15-18-6-4-3-5-7-18)20-10-13-23-24(14-20)35-17-22(36-23)16-34-21-11-8-19(9-12-21)25(28)29/h3-14,22H,2,15-17H2,1H3,(H3,28,29)/t22-/m1/s1. The summed E-state index contributed by atoms with van der Waals surface area (Å²) in [6.07, 6.45) is -0.350. The van der Waals surface area contributed by atoms with Gasteiger partial charge in [0.2, 0.25) is 0 Å². The van der Waals surface area contributed by atoms with Crippen molar-refractivity contribution >= 4 is 23.4 Å². The van der Waals surface area contributed by atoms with E-state index >= 15 is 0 Å². The van der Waals surface area contributed by atoms with Crippen molar-refractivity contribution in [3.8, 4) is 17.2 Å². The molecule has 0 unspecified atom stereocenters. The van der Waals surface area contributed by atoms with Crippen molar-refractivity contribution in [3.05, 3.63) is 83.9 Å². The number of carbonyl (C=O) groups is 2. The lowest BCUT2D eigenvalue weighted by Crippen LogP contribution is -2.38. The molecule has 0 saturated heterocycles. The molecule has 1 amide bonds. The molecule has 1 aliphatic heterocycles.